The molecule has 1 aliphatic heterocycles. The van der Waals surface area contributed by atoms with Crippen LogP contribution < -0.4 is 10.5 Å². The Labute approximate surface area is 142 Å². The Balaban J connectivity index is 0.00000200. The van der Waals surface area contributed by atoms with Gasteiger partial charge in [-0.25, -0.2) is 4.99 Å². The largest absolute Gasteiger partial charge is 0.492 e. The Bertz CT molecular complexity index is 436. The summed E-state index contributed by atoms with van der Waals surface area (Å²) in [4.78, 5) is 6.49. The van der Waals surface area contributed by atoms with Gasteiger partial charge in [0, 0.05) is 18.1 Å². The van der Waals surface area contributed by atoms with E-state index in [1.807, 2.05) is 18.2 Å². The number of likely N-dealkylation sites (tertiary alicyclic amines) is 1. The summed E-state index contributed by atoms with van der Waals surface area (Å²) in [6, 6.07) is 7.35. The molecule has 0 amide bonds. The van der Waals surface area contributed by atoms with E-state index >= 15 is 0 Å². The number of nitrogens with zero attached hydrogens (tertiary/aromatic N) is 2. The van der Waals surface area contributed by atoms with Gasteiger partial charge in [0.1, 0.15) is 12.4 Å². The van der Waals surface area contributed by atoms with Crippen LogP contribution >= 0.6 is 35.6 Å². The van der Waals surface area contributed by atoms with Gasteiger partial charge < -0.3 is 15.4 Å². The fourth-order valence-electron chi connectivity index (χ4n) is 2.10. The molecule has 4 nitrogen and oxygen atoms in total. The number of ether oxygens (including phenoxy) is 1. The summed E-state index contributed by atoms with van der Waals surface area (Å²) in [5, 5.41) is 0.675. The lowest BCUT2D eigenvalue weighted by molar-refractivity contribution is 0.321. The molecular weight excluding hydrogens is 389 g/mol. The van der Waals surface area contributed by atoms with E-state index in [1.54, 1.807) is 6.07 Å². The summed E-state index contributed by atoms with van der Waals surface area (Å²) in [5.41, 5.74) is 5.95. The molecule has 1 aromatic rings. The Hall–Kier alpha value is -0.690. The molecule has 0 radical (unpaired) electrons. The molecule has 0 spiro atoms. The highest BCUT2D eigenvalue weighted by atomic mass is 127. The quantitative estimate of drug-likeness (QED) is 0.360. The zero-order valence-corrected chi connectivity index (χ0v) is 14.5. The number of piperidine rings is 1. The summed E-state index contributed by atoms with van der Waals surface area (Å²) in [5.74, 6) is 1.40. The maximum atomic E-state index is 5.95. The second-order valence-corrected chi connectivity index (χ2v) is 5.03. The Kier molecular flexibility index (Phi) is 8.06. The molecule has 112 valence electrons. The molecule has 20 heavy (non-hydrogen) atoms. The highest BCUT2D eigenvalue weighted by Crippen LogP contribution is 2.16. The van der Waals surface area contributed by atoms with Gasteiger partial charge in [0.05, 0.1) is 6.54 Å². The normalized spacial score (nSPS) is 15.7. The van der Waals surface area contributed by atoms with E-state index in [2.05, 4.69) is 9.89 Å². The van der Waals surface area contributed by atoms with Crippen molar-refractivity contribution in [2.75, 3.05) is 26.2 Å². The van der Waals surface area contributed by atoms with Gasteiger partial charge in [0.2, 0.25) is 0 Å². The van der Waals surface area contributed by atoms with E-state index in [-0.39, 0.29) is 24.0 Å². The van der Waals surface area contributed by atoms with Crippen molar-refractivity contribution in [1.29, 1.82) is 0 Å². The van der Waals surface area contributed by atoms with Gasteiger partial charge in [-0.3, -0.25) is 0 Å². The lowest BCUT2D eigenvalue weighted by Crippen LogP contribution is -2.41. The molecule has 0 unspecified atom stereocenters. The number of rotatable bonds is 4. The third kappa shape index (κ3) is 5.75. The molecule has 1 aliphatic rings. The first-order valence-electron chi connectivity index (χ1n) is 6.69. The van der Waals surface area contributed by atoms with Crippen molar-refractivity contribution in [3.63, 3.8) is 0 Å². The highest BCUT2D eigenvalue weighted by Gasteiger charge is 2.11. The number of nitrogens with two attached hydrogens (primary N) is 1. The molecule has 1 fully saturated rings. The van der Waals surface area contributed by atoms with E-state index in [4.69, 9.17) is 22.1 Å². The summed E-state index contributed by atoms with van der Waals surface area (Å²) in [6.45, 7) is 3.11. The molecular formula is C14H21ClIN3O. The number of hydrogen-bond acceptors (Lipinski definition) is 2. The number of benzene rings is 1. The van der Waals surface area contributed by atoms with Crippen LogP contribution in [-0.4, -0.2) is 37.1 Å². The predicted octanol–water partition coefficient (Wildman–Crippen LogP) is 3.14. The van der Waals surface area contributed by atoms with Crippen molar-refractivity contribution in [2.45, 2.75) is 19.3 Å². The van der Waals surface area contributed by atoms with Crippen molar-refractivity contribution in [2.24, 2.45) is 10.7 Å². The zero-order valence-electron chi connectivity index (χ0n) is 11.4. The summed E-state index contributed by atoms with van der Waals surface area (Å²) >= 11 is 5.88. The first kappa shape index (κ1) is 17.4. The first-order valence-corrected chi connectivity index (χ1v) is 7.07. The standard InChI is InChI=1S/C14H20ClN3O.HI/c15-12-5-4-6-13(11-12)19-10-7-17-14(16)18-8-2-1-3-9-18;/h4-6,11H,1-3,7-10H2,(H2,16,17);1H. The fourth-order valence-corrected chi connectivity index (χ4v) is 2.28. The third-order valence-corrected chi connectivity index (χ3v) is 3.35. The van der Waals surface area contributed by atoms with Gasteiger partial charge in [-0.05, 0) is 37.5 Å². The number of halogens is 2. The van der Waals surface area contributed by atoms with Gasteiger partial charge in [-0.15, -0.1) is 24.0 Å². The van der Waals surface area contributed by atoms with E-state index in [0.717, 1.165) is 18.8 Å². The van der Waals surface area contributed by atoms with Crippen LogP contribution in [0.3, 0.4) is 0 Å². The molecule has 1 aromatic carbocycles. The van der Waals surface area contributed by atoms with Crippen molar-refractivity contribution < 1.29 is 4.74 Å². The van der Waals surface area contributed by atoms with E-state index < -0.39 is 0 Å². The summed E-state index contributed by atoms with van der Waals surface area (Å²) in [6.07, 6.45) is 3.70. The second kappa shape index (κ2) is 9.28. The van der Waals surface area contributed by atoms with Crippen LogP contribution in [-0.2, 0) is 0 Å². The minimum Gasteiger partial charge on any atom is -0.492 e. The van der Waals surface area contributed by atoms with E-state index in [1.165, 1.54) is 19.3 Å². The number of aliphatic imine (C=N–C) groups is 1. The first-order chi connectivity index (χ1) is 9.25. The number of guanidine groups is 1. The molecule has 0 saturated carbocycles. The van der Waals surface area contributed by atoms with Crippen molar-refractivity contribution >= 4 is 41.5 Å². The zero-order chi connectivity index (χ0) is 13.5. The van der Waals surface area contributed by atoms with Crippen LogP contribution in [0.25, 0.3) is 0 Å². The molecule has 1 saturated heterocycles. The van der Waals surface area contributed by atoms with Gasteiger partial charge in [-0.1, -0.05) is 17.7 Å². The fraction of sp³-hybridized carbons (Fsp3) is 0.500. The molecule has 0 aliphatic carbocycles. The minimum absolute atomic E-state index is 0. The Morgan fingerprint density at radius 3 is 2.75 bits per heavy atom. The van der Waals surface area contributed by atoms with Crippen LogP contribution in [0.1, 0.15) is 19.3 Å². The van der Waals surface area contributed by atoms with Gasteiger partial charge in [0.15, 0.2) is 5.96 Å². The van der Waals surface area contributed by atoms with Gasteiger partial charge in [0.25, 0.3) is 0 Å². The molecule has 2 rings (SSSR count). The lowest BCUT2D eigenvalue weighted by Gasteiger charge is -2.27. The SMILES string of the molecule is I.NC(=NCCOc1cccc(Cl)c1)N1CCCCC1. The topological polar surface area (TPSA) is 50.9 Å². The average Bonchev–Trinajstić information content (AvgIpc) is 2.44. The summed E-state index contributed by atoms with van der Waals surface area (Å²) in [7, 11) is 0. The average molecular weight is 410 g/mol. The van der Waals surface area contributed by atoms with Crippen LogP contribution in [0.4, 0.5) is 0 Å². The van der Waals surface area contributed by atoms with Crippen molar-refractivity contribution in [1.82, 2.24) is 4.90 Å². The lowest BCUT2D eigenvalue weighted by atomic mass is 10.1. The monoisotopic (exact) mass is 409 g/mol. The smallest absolute Gasteiger partial charge is 0.191 e. The second-order valence-electron chi connectivity index (χ2n) is 4.59. The summed E-state index contributed by atoms with van der Waals surface area (Å²) < 4.78 is 5.56. The van der Waals surface area contributed by atoms with Crippen LogP contribution in [0, 0.1) is 0 Å². The van der Waals surface area contributed by atoms with E-state index in [0.29, 0.717) is 24.1 Å². The molecule has 0 aromatic heterocycles. The van der Waals surface area contributed by atoms with Crippen LogP contribution in [0.2, 0.25) is 5.02 Å². The Morgan fingerprint density at radius 1 is 1.30 bits per heavy atom. The molecule has 1 heterocycles. The maximum Gasteiger partial charge on any atom is 0.191 e. The molecule has 2 N–H and O–H groups in total. The van der Waals surface area contributed by atoms with Crippen molar-refractivity contribution in [3.05, 3.63) is 29.3 Å². The number of hydrogen-bond donors (Lipinski definition) is 1. The van der Waals surface area contributed by atoms with Gasteiger partial charge >= 0.3 is 0 Å². The molecule has 0 atom stereocenters. The van der Waals surface area contributed by atoms with Crippen molar-refractivity contribution in [3.8, 4) is 5.75 Å². The van der Waals surface area contributed by atoms with Gasteiger partial charge in [-0.2, -0.15) is 0 Å². The minimum atomic E-state index is 0. The van der Waals surface area contributed by atoms with Crippen LogP contribution in [0.15, 0.2) is 29.3 Å². The highest BCUT2D eigenvalue weighted by molar-refractivity contribution is 14.0. The third-order valence-electron chi connectivity index (χ3n) is 3.11. The van der Waals surface area contributed by atoms with E-state index in [9.17, 15) is 0 Å². The molecule has 6 heteroatoms. The van der Waals surface area contributed by atoms with Crippen LogP contribution in [0.5, 0.6) is 5.75 Å². The predicted molar refractivity (Wildman–Crippen MR) is 94.3 cm³/mol. The maximum absolute atomic E-state index is 5.95. The molecule has 0 bridgehead atoms. The Morgan fingerprint density at radius 2 is 2.05 bits per heavy atom.